The third kappa shape index (κ3) is 2.67. The largest absolute Gasteiger partial charge is 0.481 e. The summed E-state index contributed by atoms with van der Waals surface area (Å²) in [6, 6.07) is 9.23. The number of para-hydroxylation sites is 1. The molecule has 1 N–H and O–H groups in total. The standard InChI is InChI=1S/C17H23NO2/c19-17(20)14-6-3-8-15(11-10-14)18-12-4-7-13-5-1-2-9-16(13)18/h1-2,5,9,14-15H,3-4,6-8,10-12H2,(H,19,20). The second kappa shape index (κ2) is 5.86. The number of carbonyl (C=O) groups is 1. The van der Waals surface area contributed by atoms with Crippen LogP contribution in [0.3, 0.4) is 0 Å². The Labute approximate surface area is 120 Å². The third-order valence-electron chi connectivity index (χ3n) is 4.87. The van der Waals surface area contributed by atoms with Crippen LogP contribution in [-0.4, -0.2) is 23.7 Å². The van der Waals surface area contributed by atoms with Crippen LogP contribution < -0.4 is 4.90 Å². The number of fused-ring (bicyclic) bond motifs is 1. The van der Waals surface area contributed by atoms with Crippen molar-refractivity contribution in [3.8, 4) is 0 Å². The first-order valence-electron chi connectivity index (χ1n) is 7.83. The Balaban J connectivity index is 1.75. The fraction of sp³-hybridized carbons (Fsp3) is 0.588. The van der Waals surface area contributed by atoms with Crippen LogP contribution in [0.25, 0.3) is 0 Å². The fourth-order valence-corrected chi connectivity index (χ4v) is 3.78. The smallest absolute Gasteiger partial charge is 0.306 e. The van der Waals surface area contributed by atoms with E-state index in [0.717, 1.165) is 38.6 Å². The molecule has 0 saturated heterocycles. The van der Waals surface area contributed by atoms with E-state index in [4.69, 9.17) is 0 Å². The Bertz CT molecular complexity index is 486. The number of anilines is 1. The van der Waals surface area contributed by atoms with Crippen molar-refractivity contribution in [2.24, 2.45) is 5.92 Å². The monoisotopic (exact) mass is 273 g/mol. The second-order valence-corrected chi connectivity index (χ2v) is 6.12. The molecule has 20 heavy (non-hydrogen) atoms. The Kier molecular flexibility index (Phi) is 3.95. The van der Waals surface area contributed by atoms with E-state index in [1.165, 1.54) is 24.1 Å². The van der Waals surface area contributed by atoms with Crippen molar-refractivity contribution in [3.63, 3.8) is 0 Å². The summed E-state index contributed by atoms with van der Waals surface area (Å²) in [6.45, 7) is 1.12. The zero-order valence-electron chi connectivity index (χ0n) is 11.9. The highest BCUT2D eigenvalue weighted by atomic mass is 16.4. The van der Waals surface area contributed by atoms with Gasteiger partial charge in [0.2, 0.25) is 0 Å². The van der Waals surface area contributed by atoms with Crippen LogP contribution in [0.2, 0.25) is 0 Å². The Morgan fingerprint density at radius 1 is 1.10 bits per heavy atom. The predicted octanol–water partition coefficient (Wildman–Crippen LogP) is 3.47. The van der Waals surface area contributed by atoms with E-state index in [1.807, 2.05) is 0 Å². The first-order valence-corrected chi connectivity index (χ1v) is 7.83. The summed E-state index contributed by atoms with van der Waals surface area (Å²) in [6.07, 6.45) is 7.27. The molecule has 1 aliphatic heterocycles. The van der Waals surface area contributed by atoms with E-state index in [1.54, 1.807) is 0 Å². The van der Waals surface area contributed by atoms with Crippen LogP contribution in [0.5, 0.6) is 0 Å². The molecule has 3 rings (SSSR count). The van der Waals surface area contributed by atoms with Crippen LogP contribution in [0.15, 0.2) is 24.3 Å². The summed E-state index contributed by atoms with van der Waals surface area (Å²) in [5, 5.41) is 9.20. The molecule has 0 aromatic heterocycles. The zero-order valence-corrected chi connectivity index (χ0v) is 11.9. The highest BCUT2D eigenvalue weighted by Gasteiger charge is 2.28. The van der Waals surface area contributed by atoms with Gasteiger partial charge < -0.3 is 10.0 Å². The topological polar surface area (TPSA) is 40.5 Å². The Morgan fingerprint density at radius 2 is 1.95 bits per heavy atom. The maximum atomic E-state index is 11.2. The summed E-state index contributed by atoms with van der Waals surface area (Å²) in [5.41, 5.74) is 2.84. The average Bonchev–Trinajstić information content (AvgIpc) is 2.72. The Hall–Kier alpha value is -1.51. The maximum Gasteiger partial charge on any atom is 0.306 e. The molecule has 1 saturated carbocycles. The zero-order chi connectivity index (χ0) is 13.9. The lowest BCUT2D eigenvalue weighted by atomic mass is 9.97. The van der Waals surface area contributed by atoms with E-state index in [-0.39, 0.29) is 5.92 Å². The van der Waals surface area contributed by atoms with Gasteiger partial charge in [-0.15, -0.1) is 0 Å². The minimum Gasteiger partial charge on any atom is -0.481 e. The quantitative estimate of drug-likeness (QED) is 0.839. The molecule has 1 aromatic rings. The van der Waals surface area contributed by atoms with Gasteiger partial charge in [0.1, 0.15) is 0 Å². The van der Waals surface area contributed by atoms with Gasteiger partial charge in [0, 0.05) is 18.3 Å². The minimum absolute atomic E-state index is 0.125. The molecule has 108 valence electrons. The average molecular weight is 273 g/mol. The van der Waals surface area contributed by atoms with Gasteiger partial charge in [0.05, 0.1) is 5.92 Å². The number of rotatable bonds is 2. The molecular formula is C17H23NO2. The van der Waals surface area contributed by atoms with Crippen LogP contribution in [-0.2, 0) is 11.2 Å². The van der Waals surface area contributed by atoms with Gasteiger partial charge in [0.15, 0.2) is 0 Å². The molecule has 2 aliphatic rings. The summed E-state index contributed by atoms with van der Waals surface area (Å²) in [7, 11) is 0. The van der Waals surface area contributed by atoms with Crippen molar-refractivity contribution < 1.29 is 9.90 Å². The number of aryl methyl sites for hydroxylation is 1. The molecule has 3 nitrogen and oxygen atoms in total. The number of carboxylic acid groups (broad SMARTS) is 1. The summed E-state index contributed by atoms with van der Waals surface area (Å²) >= 11 is 0. The minimum atomic E-state index is -0.607. The van der Waals surface area contributed by atoms with Crippen LogP contribution in [0.1, 0.15) is 44.1 Å². The first kappa shape index (κ1) is 13.5. The molecule has 0 spiro atoms. The molecule has 1 fully saturated rings. The van der Waals surface area contributed by atoms with E-state index in [2.05, 4.69) is 29.2 Å². The van der Waals surface area contributed by atoms with E-state index in [0.29, 0.717) is 6.04 Å². The highest BCUT2D eigenvalue weighted by Crippen LogP contribution is 2.34. The van der Waals surface area contributed by atoms with Crippen LogP contribution in [0.4, 0.5) is 5.69 Å². The highest BCUT2D eigenvalue weighted by molar-refractivity contribution is 5.70. The van der Waals surface area contributed by atoms with Gasteiger partial charge in [-0.25, -0.2) is 0 Å². The number of nitrogens with zero attached hydrogens (tertiary/aromatic N) is 1. The van der Waals surface area contributed by atoms with Gasteiger partial charge in [0.25, 0.3) is 0 Å². The number of hydrogen-bond donors (Lipinski definition) is 1. The van der Waals surface area contributed by atoms with Gasteiger partial charge >= 0.3 is 5.97 Å². The van der Waals surface area contributed by atoms with Gasteiger partial charge in [-0.1, -0.05) is 24.6 Å². The number of benzene rings is 1. The molecule has 1 aliphatic carbocycles. The lowest BCUT2D eigenvalue weighted by Crippen LogP contribution is -2.38. The van der Waals surface area contributed by atoms with E-state index < -0.39 is 5.97 Å². The molecule has 2 unspecified atom stereocenters. The molecule has 1 aromatic carbocycles. The SMILES string of the molecule is O=C(O)C1CCCC(N2CCCc3ccccc32)CC1. The van der Waals surface area contributed by atoms with Crippen LogP contribution in [0, 0.1) is 5.92 Å². The third-order valence-corrected chi connectivity index (χ3v) is 4.87. The molecule has 1 heterocycles. The summed E-state index contributed by atoms with van der Waals surface area (Å²) < 4.78 is 0. The Morgan fingerprint density at radius 3 is 2.80 bits per heavy atom. The van der Waals surface area contributed by atoms with Gasteiger partial charge in [-0.2, -0.15) is 0 Å². The number of carboxylic acids is 1. The molecule has 0 radical (unpaired) electrons. The van der Waals surface area contributed by atoms with Gasteiger partial charge in [-0.05, 0) is 50.2 Å². The summed E-state index contributed by atoms with van der Waals surface area (Å²) in [4.78, 5) is 13.7. The molecule has 3 heteroatoms. The maximum absolute atomic E-state index is 11.2. The van der Waals surface area contributed by atoms with Crippen LogP contribution >= 0.6 is 0 Å². The molecular weight excluding hydrogens is 250 g/mol. The summed E-state index contributed by atoms with van der Waals surface area (Å²) in [5.74, 6) is -0.732. The van der Waals surface area contributed by atoms with Crippen molar-refractivity contribution in [2.75, 3.05) is 11.4 Å². The number of hydrogen-bond acceptors (Lipinski definition) is 2. The fourth-order valence-electron chi connectivity index (χ4n) is 3.78. The molecule has 0 amide bonds. The van der Waals surface area contributed by atoms with Crippen molar-refractivity contribution in [2.45, 2.75) is 51.0 Å². The second-order valence-electron chi connectivity index (χ2n) is 6.12. The molecule has 2 atom stereocenters. The normalized spacial score (nSPS) is 26.7. The van der Waals surface area contributed by atoms with Crippen molar-refractivity contribution in [1.82, 2.24) is 0 Å². The van der Waals surface area contributed by atoms with Crippen molar-refractivity contribution >= 4 is 11.7 Å². The lowest BCUT2D eigenvalue weighted by molar-refractivity contribution is -0.142. The van der Waals surface area contributed by atoms with Gasteiger partial charge in [-0.3, -0.25) is 4.79 Å². The number of aliphatic carboxylic acids is 1. The van der Waals surface area contributed by atoms with Crippen molar-refractivity contribution in [3.05, 3.63) is 29.8 Å². The molecule has 0 bridgehead atoms. The van der Waals surface area contributed by atoms with Crippen molar-refractivity contribution in [1.29, 1.82) is 0 Å². The first-order chi connectivity index (χ1) is 9.75. The van der Waals surface area contributed by atoms with E-state index in [9.17, 15) is 9.90 Å². The van der Waals surface area contributed by atoms with E-state index >= 15 is 0 Å². The lowest BCUT2D eigenvalue weighted by Gasteiger charge is -2.37. The predicted molar refractivity (Wildman–Crippen MR) is 80.1 cm³/mol.